The molecule has 0 aliphatic rings. The normalized spacial score (nSPS) is 12.1. The van der Waals surface area contributed by atoms with Gasteiger partial charge in [-0.3, -0.25) is 4.79 Å². The molecule has 1 aromatic carbocycles. The van der Waals surface area contributed by atoms with E-state index in [9.17, 15) is 4.79 Å². The summed E-state index contributed by atoms with van der Waals surface area (Å²) in [5.74, 6) is 0.226. The maximum atomic E-state index is 12.1. The molecule has 8 heteroatoms. The topological polar surface area (TPSA) is 72.7 Å². The lowest BCUT2D eigenvalue weighted by molar-refractivity contribution is -0.122. The molecule has 0 fully saturated rings. The van der Waals surface area contributed by atoms with Crippen LogP contribution in [0.5, 0.6) is 0 Å². The van der Waals surface area contributed by atoms with Crippen molar-refractivity contribution in [1.29, 1.82) is 0 Å². The Hall–Kier alpha value is -2.25. The van der Waals surface area contributed by atoms with E-state index >= 15 is 0 Å². The first-order chi connectivity index (χ1) is 11.1. The van der Waals surface area contributed by atoms with Gasteiger partial charge in [0, 0.05) is 10.4 Å². The van der Waals surface area contributed by atoms with Crippen LogP contribution in [0.25, 0.3) is 11.4 Å². The van der Waals surface area contributed by atoms with E-state index in [4.69, 9.17) is 11.6 Å². The van der Waals surface area contributed by atoms with E-state index in [-0.39, 0.29) is 18.5 Å². The Morgan fingerprint density at radius 1 is 1.35 bits per heavy atom. The molecule has 3 aromatic rings. The maximum absolute atomic E-state index is 12.1. The number of nitrogens with zero attached hydrogens (tertiary/aromatic N) is 4. The second-order valence-corrected chi connectivity index (χ2v) is 6.31. The number of amides is 1. The fourth-order valence-corrected chi connectivity index (χ4v) is 3.04. The molecule has 0 aliphatic carbocycles. The molecular weight excluding hydrogens is 334 g/mol. The van der Waals surface area contributed by atoms with Gasteiger partial charge in [0.25, 0.3) is 0 Å². The number of hydrogen-bond donors (Lipinski definition) is 1. The molecule has 3 rings (SSSR count). The van der Waals surface area contributed by atoms with Crippen molar-refractivity contribution in [2.45, 2.75) is 19.5 Å². The summed E-state index contributed by atoms with van der Waals surface area (Å²) in [5, 5.41) is 17.5. The highest BCUT2D eigenvalue weighted by Crippen LogP contribution is 2.23. The third-order valence-corrected chi connectivity index (χ3v) is 4.58. The molecule has 118 valence electrons. The van der Waals surface area contributed by atoms with Gasteiger partial charge < -0.3 is 5.32 Å². The highest BCUT2D eigenvalue weighted by molar-refractivity contribution is 7.10. The van der Waals surface area contributed by atoms with Crippen molar-refractivity contribution in [3.63, 3.8) is 0 Å². The predicted molar refractivity (Wildman–Crippen MR) is 89.1 cm³/mol. The molecule has 2 heterocycles. The Labute approximate surface area is 142 Å². The highest BCUT2D eigenvalue weighted by Gasteiger charge is 2.14. The van der Waals surface area contributed by atoms with E-state index in [1.807, 2.05) is 42.6 Å². The van der Waals surface area contributed by atoms with Crippen LogP contribution >= 0.6 is 22.9 Å². The molecule has 1 atom stereocenters. The number of halogens is 1. The van der Waals surface area contributed by atoms with Gasteiger partial charge in [-0.2, -0.15) is 4.80 Å². The number of aromatic nitrogens is 4. The van der Waals surface area contributed by atoms with Gasteiger partial charge >= 0.3 is 0 Å². The molecule has 0 saturated carbocycles. The van der Waals surface area contributed by atoms with Crippen LogP contribution in [0.15, 0.2) is 41.8 Å². The van der Waals surface area contributed by atoms with Crippen LogP contribution in [0, 0.1) is 0 Å². The van der Waals surface area contributed by atoms with E-state index in [2.05, 4.69) is 20.7 Å². The average molecular weight is 348 g/mol. The second-order valence-electron chi connectivity index (χ2n) is 4.93. The summed E-state index contributed by atoms with van der Waals surface area (Å²) >= 11 is 7.71. The molecule has 0 spiro atoms. The van der Waals surface area contributed by atoms with Gasteiger partial charge in [-0.1, -0.05) is 29.8 Å². The minimum Gasteiger partial charge on any atom is -0.347 e. The SMILES string of the molecule is C[C@@H](NC(=O)Cn1nnc(-c2ccccc2Cl)n1)c1cccs1. The molecule has 0 saturated heterocycles. The van der Waals surface area contributed by atoms with Gasteiger partial charge in [-0.25, -0.2) is 0 Å². The first kappa shape index (κ1) is 15.6. The molecule has 1 amide bonds. The van der Waals surface area contributed by atoms with Crippen molar-refractivity contribution < 1.29 is 4.79 Å². The Morgan fingerprint density at radius 3 is 2.91 bits per heavy atom. The number of carbonyl (C=O) groups is 1. The minimum absolute atomic E-state index is 0.00711. The fraction of sp³-hybridized carbons (Fsp3) is 0.200. The molecule has 0 bridgehead atoms. The summed E-state index contributed by atoms with van der Waals surface area (Å²) < 4.78 is 0. The molecule has 0 aliphatic heterocycles. The number of rotatable bonds is 5. The first-order valence-electron chi connectivity index (χ1n) is 6.99. The summed E-state index contributed by atoms with van der Waals surface area (Å²) in [7, 11) is 0. The lowest BCUT2D eigenvalue weighted by atomic mass is 10.2. The monoisotopic (exact) mass is 347 g/mol. The van der Waals surface area contributed by atoms with Crippen LogP contribution in [-0.2, 0) is 11.3 Å². The summed E-state index contributed by atoms with van der Waals surface area (Å²) in [6, 6.07) is 11.1. The highest BCUT2D eigenvalue weighted by atomic mass is 35.5. The average Bonchev–Trinajstić information content (AvgIpc) is 3.19. The predicted octanol–water partition coefficient (Wildman–Crippen LogP) is 2.93. The molecular formula is C15H14ClN5OS. The molecule has 1 N–H and O–H groups in total. The smallest absolute Gasteiger partial charge is 0.244 e. The zero-order valence-electron chi connectivity index (χ0n) is 12.3. The van der Waals surface area contributed by atoms with E-state index in [1.165, 1.54) is 4.80 Å². The number of thiophene rings is 1. The van der Waals surface area contributed by atoms with Crippen LogP contribution in [0.3, 0.4) is 0 Å². The van der Waals surface area contributed by atoms with Crippen LogP contribution in [0.2, 0.25) is 5.02 Å². The Kier molecular flexibility index (Phi) is 4.68. The first-order valence-corrected chi connectivity index (χ1v) is 8.24. The van der Waals surface area contributed by atoms with E-state index in [0.717, 1.165) is 4.88 Å². The number of tetrazole rings is 1. The van der Waals surface area contributed by atoms with E-state index in [1.54, 1.807) is 17.4 Å². The summed E-state index contributed by atoms with van der Waals surface area (Å²) in [5.41, 5.74) is 0.688. The van der Waals surface area contributed by atoms with Crippen molar-refractivity contribution in [2.75, 3.05) is 0 Å². The lowest BCUT2D eigenvalue weighted by Crippen LogP contribution is -2.30. The molecule has 0 radical (unpaired) electrons. The van der Waals surface area contributed by atoms with Crippen LogP contribution in [-0.4, -0.2) is 26.1 Å². The molecule has 6 nitrogen and oxygen atoms in total. The Bertz CT molecular complexity index is 802. The van der Waals surface area contributed by atoms with Crippen LogP contribution < -0.4 is 5.32 Å². The van der Waals surface area contributed by atoms with Crippen LogP contribution in [0.4, 0.5) is 0 Å². The lowest BCUT2D eigenvalue weighted by Gasteiger charge is -2.11. The molecule has 23 heavy (non-hydrogen) atoms. The Morgan fingerprint density at radius 2 is 2.17 bits per heavy atom. The molecule has 2 aromatic heterocycles. The van der Waals surface area contributed by atoms with Crippen molar-refractivity contribution in [1.82, 2.24) is 25.5 Å². The minimum atomic E-state index is -0.172. The maximum Gasteiger partial charge on any atom is 0.244 e. The van der Waals surface area contributed by atoms with Crippen molar-refractivity contribution in [2.24, 2.45) is 0 Å². The summed E-state index contributed by atoms with van der Waals surface area (Å²) in [4.78, 5) is 14.4. The fourth-order valence-electron chi connectivity index (χ4n) is 2.08. The van der Waals surface area contributed by atoms with Crippen molar-refractivity contribution >= 4 is 28.8 Å². The number of hydrogen-bond acceptors (Lipinski definition) is 5. The number of nitrogens with one attached hydrogen (secondary N) is 1. The summed E-state index contributed by atoms with van der Waals surface area (Å²) in [6.45, 7) is 1.95. The number of benzene rings is 1. The van der Waals surface area contributed by atoms with Crippen molar-refractivity contribution in [3.05, 3.63) is 51.7 Å². The van der Waals surface area contributed by atoms with Gasteiger partial charge in [-0.05, 0) is 35.7 Å². The quantitative estimate of drug-likeness (QED) is 0.770. The standard InChI is InChI=1S/C15H14ClN5OS/c1-10(13-7-4-8-23-13)17-14(22)9-21-19-15(18-20-21)11-5-2-3-6-12(11)16/h2-8,10H,9H2,1H3,(H,17,22)/t10-/m1/s1. The van der Waals surface area contributed by atoms with Crippen LogP contribution in [0.1, 0.15) is 17.8 Å². The molecule has 0 unspecified atom stereocenters. The third-order valence-electron chi connectivity index (χ3n) is 3.20. The van der Waals surface area contributed by atoms with E-state index in [0.29, 0.717) is 16.4 Å². The van der Waals surface area contributed by atoms with Crippen molar-refractivity contribution in [3.8, 4) is 11.4 Å². The zero-order valence-corrected chi connectivity index (χ0v) is 13.9. The van der Waals surface area contributed by atoms with Gasteiger partial charge in [0.2, 0.25) is 11.7 Å². The second kappa shape index (κ2) is 6.89. The largest absolute Gasteiger partial charge is 0.347 e. The van der Waals surface area contributed by atoms with Gasteiger partial charge in [0.1, 0.15) is 6.54 Å². The van der Waals surface area contributed by atoms with Gasteiger partial charge in [0.15, 0.2) is 0 Å². The third kappa shape index (κ3) is 3.75. The zero-order chi connectivity index (χ0) is 16.2. The van der Waals surface area contributed by atoms with Gasteiger partial charge in [-0.15, -0.1) is 21.5 Å². The summed E-state index contributed by atoms with van der Waals surface area (Å²) in [6.07, 6.45) is 0. The Balaban J connectivity index is 1.65. The number of carbonyl (C=O) groups excluding carboxylic acids is 1. The van der Waals surface area contributed by atoms with Gasteiger partial charge in [0.05, 0.1) is 11.1 Å². The van der Waals surface area contributed by atoms with E-state index < -0.39 is 0 Å².